The first-order valence-electron chi connectivity index (χ1n) is 6.08. The summed E-state index contributed by atoms with van der Waals surface area (Å²) >= 11 is 11.9. The van der Waals surface area contributed by atoms with Crippen LogP contribution in [0.3, 0.4) is 0 Å². The van der Waals surface area contributed by atoms with Crippen LogP contribution in [0.15, 0.2) is 6.07 Å². The summed E-state index contributed by atoms with van der Waals surface area (Å²) < 4.78 is 0. The minimum Gasteiger partial charge on any atom is -0.382 e. The second kappa shape index (κ2) is 7.02. The molecule has 0 fully saturated rings. The van der Waals surface area contributed by atoms with Crippen molar-refractivity contribution in [1.82, 2.24) is 9.88 Å². The minimum atomic E-state index is 0.232. The molecule has 3 N–H and O–H groups in total. The molecule has 1 aromatic heterocycles. The van der Waals surface area contributed by atoms with Gasteiger partial charge in [0.25, 0.3) is 0 Å². The SMILES string of the molecule is CCN(CC)CC(C)Nc1nc(N)c(Cl)cc1Cl. The van der Waals surface area contributed by atoms with Crippen molar-refractivity contribution in [2.45, 2.75) is 26.8 Å². The zero-order chi connectivity index (χ0) is 13.7. The van der Waals surface area contributed by atoms with Crippen LogP contribution in [0.25, 0.3) is 0 Å². The number of pyridine rings is 1. The highest BCUT2D eigenvalue weighted by Crippen LogP contribution is 2.27. The zero-order valence-electron chi connectivity index (χ0n) is 11.0. The predicted molar refractivity (Wildman–Crippen MR) is 79.5 cm³/mol. The summed E-state index contributed by atoms with van der Waals surface area (Å²) in [5.41, 5.74) is 5.67. The molecule has 1 unspecified atom stereocenters. The van der Waals surface area contributed by atoms with Gasteiger partial charge in [-0.1, -0.05) is 37.0 Å². The number of anilines is 2. The van der Waals surface area contributed by atoms with Crippen LogP contribution >= 0.6 is 23.2 Å². The molecule has 1 rings (SSSR count). The monoisotopic (exact) mass is 290 g/mol. The molecule has 0 radical (unpaired) electrons. The van der Waals surface area contributed by atoms with Gasteiger partial charge in [0.1, 0.15) is 11.6 Å². The van der Waals surface area contributed by atoms with E-state index in [-0.39, 0.29) is 6.04 Å². The first-order valence-corrected chi connectivity index (χ1v) is 6.83. The Morgan fingerprint density at radius 3 is 2.50 bits per heavy atom. The van der Waals surface area contributed by atoms with Gasteiger partial charge in [-0.05, 0) is 26.1 Å². The molecular weight excluding hydrogens is 271 g/mol. The first-order chi connectivity index (χ1) is 8.47. The fraction of sp³-hybridized carbons (Fsp3) is 0.583. The van der Waals surface area contributed by atoms with Gasteiger partial charge in [0.15, 0.2) is 0 Å². The Morgan fingerprint density at radius 2 is 1.94 bits per heavy atom. The Hall–Kier alpha value is -0.710. The van der Waals surface area contributed by atoms with Crippen LogP contribution in [-0.4, -0.2) is 35.6 Å². The molecular formula is C12H20Cl2N4. The summed E-state index contributed by atoms with van der Waals surface area (Å²) in [7, 11) is 0. The van der Waals surface area contributed by atoms with E-state index in [1.54, 1.807) is 6.07 Å². The average Bonchev–Trinajstić information content (AvgIpc) is 2.33. The molecule has 18 heavy (non-hydrogen) atoms. The lowest BCUT2D eigenvalue weighted by molar-refractivity contribution is 0.294. The van der Waals surface area contributed by atoms with Gasteiger partial charge >= 0.3 is 0 Å². The molecule has 102 valence electrons. The molecule has 1 aromatic rings. The van der Waals surface area contributed by atoms with Crippen molar-refractivity contribution >= 4 is 34.8 Å². The highest BCUT2D eigenvalue weighted by molar-refractivity contribution is 6.37. The quantitative estimate of drug-likeness (QED) is 0.845. The number of nitrogens with one attached hydrogen (secondary N) is 1. The van der Waals surface area contributed by atoms with Gasteiger partial charge in [-0.25, -0.2) is 4.98 Å². The number of rotatable bonds is 6. The summed E-state index contributed by atoms with van der Waals surface area (Å²) in [4.78, 5) is 6.48. The highest BCUT2D eigenvalue weighted by atomic mass is 35.5. The van der Waals surface area contributed by atoms with Gasteiger partial charge in [0, 0.05) is 12.6 Å². The van der Waals surface area contributed by atoms with E-state index in [4.69, 9.17) is 28.9 Å². The Labute approximate surface area is 118 Å². The number of aromatic nitrogens is 1. The van der Waals surface area contributed by atoms with Crippen LogP contribution in [-0.2, 0) is 0 Å². The van der Waals surface area contributed by atoms with Crippen molar-refractivity contribution in [2.24, 2.45) is 0 Å². The van der Waals surface area contributed by atoms with E-state index in [0.717, 1.165) is 19.6 Å². The summed E-state index contributed by atoms with van der Waals surface area (Å²) in [6.07, 6.45) is 0. The molecule has 0 saturated carbocycles. The van der Waals surface area contributed by atoms with E-state index < -0.39 is 0 Å². The summed E-state index contributed by atoms with van der Waals surface area (Å²) in [6, 6.07) is 1.84. The first kappa shape index (κ1) is 15.3. The third-order valence-corrected chi connectivity index (χ3v) is 3.36. The van der Waals surface area contributed by atoms with Crippen LogP contribution in [0.4, 0.5) is 11.6 Å². The Kier molecular flexibility index (Phi) is 5.99. The van der Waals surface area contributed by atoms with Crippen molar-refractivity contribution in [2.75, 3.05) is 30.7 Å². The molecule has 0 aliphatic rings. The fourth-order valence-electron chi connectivity index (χ4n) is 1.73. The summed E-state index contributed by atoms with van der Waals surface area (Å²) in [5.74, 6) is 0.872. The van der Waals surface area contributed by atoms with Gasteiger partial charge in [-0.3, -0.25) is 0 Å². The van der Waals surface area contributed by atoms with Crippen LogP contribution < -0.4 is 11.1 Å². The van der Waals surface area contributed by atoms with Gasteiger partial charge in [0.2, 0.25) is 0 Å². The number of nitrogen functional groups attached to an aromatic ring is 1. The number of hydrogen-bond acceptors (Lipinski definition) is 4. The van der Waals surface area contributed by atoms with Crippen molar-refractivity contribution in [3.05, 3.63) is 16.1 Å². The molecule has 0 aliphatic heterocycles. The maximum atomic E-state index is 6.07. The van der Waals surface area contributed by atoms with Gasteiger partial charge in [0.05, 0.1) is 10.0 Å². The summed E-state index contributed by atoms with van der Waals surface area (Å²) in [6.45, 7) is 9.33. The molecule has 0 aliphatic carbocycles. The smallest absolute Gasteiger partial charge is 0.147 e. The second-order valence-electron chi connectivity index (χ2n) is 4.22. The Bertz CT molecular complexity index is 394. The average molecular weight is 291 g/mol. The van der Waals surface area contributed by atoms with Crippen molar-refractivity contribution < 1.29 is 0 Å². The second-order valence-corrected chi connectivity index (χ2v) is 5.03. The molecule has 4 nitrogen and oxygen atoms in total. The number of likely N-dealkylation sites (N-methyl/N-ethyl adjacent to an activating group) is 1. The number of nitrogens with two attached hydrogens (primary N) is 1. The minimum absolute atomic E-state index is 0.232. The number of hydrogen-bond donors (Lipinski definition) is 2. The van der Waals surface area contributed by atoms with E-state index in [1.807, 2.05) is 0 Å². The molecule has 6 heteroatoms. The highest BCUT2D eigenvalue weighted by Gasteiger charge is 2.11. The van der Waals surface area contributed by atoms with Crippen molar-refractivity contribution in [3.63, 3.8) is 0 Å². The largest absolute Gasteiger partial charge is 0.382 e. The van der Waals surface area contributed by atoms with Gasteiger partial charge in [-0.15, -0.1) is 0 Å². The number of nitrogens with zero attached hydrogens (tertiary/aromatic N) is 2. The summed E-state index contributed by atoms with van der Waals surface area (Å²) in [5, 5.41) is 4.12. The van der Waals surface area contributed by atoms with Crippen molar-refractivity contribution in [1.29, 1.82) is 0 Å². The fourth-order valence-corrected chi connectivity index (χ4v) is 2.14. The third-order valence-electron chi connectivity index (χ3n) is 2.77. The van der Waals surface area contributed by atoms with Crippen LogP contribution in [0.5, 0.6) is 0 Å². The molecule has 0 saturated heterocycles. The number of halogens is 2. The van der Waals surface area contributed by atoms with E-state index >= 15 is 0 Å². The molecule has 1 heterocycles. The maximum absolute atomic E-state index is 6.07. The normalized spacial score (nSPS) is 12.8. The van der Waals surface area contributed by atoms with Crippen LogP contribution in [0, 0.1) is 0 Å². The van der Waals surface area contributed by atoms with Crippen molar-refractivity contribution in [3.8, 4) is 0 Å². The molecule has 0 aromatic carbocycles. The standard InChI is InChI=1S/C12H20Cl2N4/c1-4-18(5-2)7-8(3)16-12-10(14)6-9(13)11(15)17-12/h6,8H,4-5,7H2,1-3H3,(H3,15,16,17). The Morgan fingerprint density at radius 1 is 1.33 bits per heavy atom. The van der Waals surface area contributed by atoms with Gasteiger partial charge < -0.3 is 16.0 Å². The molecule has 0 bridgehead atoms. The molecule has 0 spiro atoms. The maximum Gasteiger partial charge on any atom is 0.147 e. The molecule has 0 amide bonds. The van der Waals surface area contributed by atoms with Crippen LogP contribution in [0.2, 0.25) is 10.0 Å². The predicted octanol–water partition coefficient (Wildman–Crippen LogP) is 3.11. The lowest BCUT2D eigenvalue weighted by Gasteiger charge is -2.24. The lowest BCUT2D eigenvalue weighted by Crippen LogP contribution is -2.35. The van der Waals surface area contributed by atoms with E-state index in [1.165, 1.54) is 0 Å². The van der Waals surface area contributed by atoms with E-state index in [9.17, 15) is 0 Å². The third kappa shape index (κ3) is 4.19. The zero-order valence-corrected chi connectivity index (χ0v) is 12.5. The molecule has 1 atom stereocenters. The van der Waals surface area contributed by atoms with E-state index in [0.29, 0.717) is 21.7 Å². The van der Waals surface area contributed by atoms with Crippen LogP contribution in [0.1, 0.15) is 20.8 Å². The topological polar surface area (TPSA) is 54.2 Å². The Balaban J connectivity index is 2.69. The van der Waals surface area contributed by atoms with Gasteiger partial charge in [-0.2, -0.15) is 0 Å². The lowest BCUT2D eigenvalue weighted by atomic mass is 10.3. The van der Waals surface area contributed by atoms with E-state index in [2.05, 4.69) is 36.0 Å².